The van der Waals surface area contributed by atoms with E-state index in [9.17, 15) is 4.79 Å². The van der Waals surface area contributed by atoms with E-state index < -0.39 is 0 Å². The third-order valence-corrected chi connectivity index (χ3v) is 3.09. The summed E-state index contributed by atoms with van der Waals surface area (Å²) in [7, 11) is 1.66. The molecule has 1 fully saturated rings. The van der Waals surface area contributed by atoms with E-state index in [2.05, 4.69) is 10.2 Å². The van der Waals surface area contributed by atoms with E-state index in [-0.39, 0.29) is 5.91 Å². The van der Waals surface area contributed by atoms with Gasteiger partial charge in [0.1, 0.15) is 5.75 Å². The molecule has 0 saturated carbocycles. The van der Waals surface area contributed by atoms with Crippen molar-refractivity contribution in [2.24, 2.45) is 5.73 Å². The van der Waals surface area contributed by atoms with Crippen LogP contribution >= 0.6 is 0 Å². The third kappa shape index (κ3) is 3.00. The Morgan fingerprint density at radius 1 is 1.50 bits per heavy atom. The van der Waals surface area contributed by atoms with E-state index in [1.54, 1.807) is 7.11 Å². The maximum atomic E-state index is 11.3. The van der Waals surface area contributed by atoms with Gasteiger partial charge in [0, 0.05) is 31.7 Å². The fourth-order valence-electron chi connectivity index (χ4n) is 2.15. The van der Waals surface area contributed by atoms with E-state index in [1.807, 2.05) is 18.2 Å². The minimum absolute atomic E-state index is 0.0789. The number of amides is 1. The van der Waals surface area contributed by atoms with Crippen LogP contribution in [0.15, 0.2) is 18.2 Å². The van der Waals surface area contributed by atoms with Gasteiger partial charge in [0.25, 0.3) is 0 Å². The smallest absolute Gasteiger partial charge is 0.234 e. The number of rotatable bonds is 4. The molecule has 1 aliphatic rings. The van der Waals surface area contributed by atoms with Crippen LogP contribution in [0.1, 0.15) is 11.1 Å². The van der Waals surface area contributed by atoms with Crippen molar-refractivity contribution in [3.8, 4) is 5.75 Å². The van der Waals surface area contributed by atoms with E-state index >= 15 is 0 Å². The molecule has 0 spiro atoms. The van der Waals surface area contributed by atoms with Crippen molar-refractivity contribution < 1.29 is 9.53 Å². The second-order valence-electron chi connectivity index (χ2n) is 4.41. The van der Waals surface area contributed by atoms with Crippen molar-refractivity contribution in [3.63, 3.8) is 0 Å². The molecule has 0 radical (unpaired) electrons. The number of hydrogen-bond acceptors (Lipinski definition) is 4. The molecule has 2 rings (SSSR count). The van der Waals surface area contributed by atoms with E-state index in [0.717, 1.165) is 23.4 Å². The summed E-state index contributed by atoms with van der Waals surface area (Å²) in [6.07, 6.45) is 0. The molecule has 1 aromatic carbocycles. The van der Waals surface area contributed by atoms with Gasteiger partial charge >= 0.3 is 0 Å². The number of ether oxygens (including phenoxy) is 1. The highest BCUT2D eigenvalue weighted by molar-refractivity contribution is 5.78. The second kappa shape index (κ2) is 5.84. The Balaban J connectivity index is 2.13. The van der Waals surface area contributed by atoms with Gasteiger partial charge in [-0.3, -0.25) is 9.69 Å². The highest BCUT2D eigenvalue weighted by Gasteiger charge is 2.17. The SMILES string of the molecule is COc1ccc(CN)cc1CN1CCNC(=O)C1. The predicted molar refractivity (Wildman–Crippen MR) is 69.2 cm³/mol. The molecule has 1 aromatic rings. The number of nitrogens with two attached hydrogens (primary N) is 1. The zero-order valence-corrected chi connectivity index (χ0v) is 10.6. The number of carbonyl (C=O) groups is 1. The molecular formula is C13H19N3O2. The van der Waals surface area contributed by atoms with Crippen LogP contribution in [-0.4, -0.2) is 37.6 Å². The number of piperazine rings is 1. The fourth-order valence-corrected chi connectivity index (χ4v) is 2.15. The molecule has 3 N–H and O–H groups in total. The highest BCUT2D eigenvalue weighted by atomic mass is 16.5. The molecule has 1 aliphatic heterocycles. The molecule has 0 bridgehead atoms. The first-order valence-electron chi connectivity index (χ1n) is 6.08. The van der Waals surface area contributed by atoms with Crippen molar-refractivity contribution in [1.29, 1.82) is 0 Å². The maximum absolute atomic E-state index is 11.3. The van der Waals surface area contributed by atoms with Crippen LogP contribution in [0.4, 0.5) is 0 Å². The van der Waals surface area contributed by atoms with Gasteiger partial charge in [0.05, 0.1) is 13.7 Å². The lowest BCUT2D eigenvalue weighted by Gasteiger charge is -2.27. The van der Waals surface area contributed by atoms with E-state index in [1.165, 1.54) is 0 Å². The molecule has 0 atom stereocenters. The molecule has 1 amide bonds. The van der Waals surface area contributed by atoms with Gasteiger partial charge < -0.3 is 15.8 Å². The average Bonchev–Trinajstić information content (AvgIpc) is 2.38. The van der Waals surface area contributed by atoms with E-state index in [0.29, 0.717) is 26.2 Å². The number of benzene rings is 1. The Morgan fingerprint density at radius 3 is 3.00 bits per heavy atom. The van der Waals surface area contributed by atoms with Crippen molar-refractivity contribution in [1.82, 2.24) is 10.2 Å². The normalized spacial score (nSPS) is 16.4. The molecular weight excluding hydrogens is 230 g/mol. The van der Waals surface area contributed by atoms with Crippen LogP contribution in [0, 0.1) is 0 Å². The molecule has 0 aromatic heterocycles. The Hall–Kier alpha value is -1.59. The van der Waals surface area contributed by atoms with Crippen LogP contribution < -0.4 is 15.8 Å². The molecule has 5 nitrogen and oxygen atoms in total. The number of nitrogens with zero attached hydrogens (tertiary/aromatic N) is 1. The zero-order valence-electron chi connectivity index (χ0n) is 10.6. The summed E-state index contributed by atoms with van der Waals surface area (Å²) in [6.45, 7) is 3.23. The highest BCUT2D eigenvalue weighted by Crippen LogP contribution is 2.21. The Morgan fingerprint density at radius 2 is 2.33 bits per heavy atom. The maximum Gasteiger partial charge on any atom is 0.234 e. The molecule has 0 aliphatic carbocycles. The molecule has 98 valence electrons. The number of methoxy groups -OCH3 is 1. The van der Waals surface area contributed by atoms with Gasteiger partial charge in [-0.2, -0.15) is 0 Å². The Labute approximate surface area is 107 Å². The van der Waals surface area contributed by atoms with Crippen molar-refractivity contribution in [2.75, 3.05) is 26.7 Å². The summed E-state index contributed by atoms with van der Waals surface area (Å²) in [4.78, 5) is 13.4. The number of carbonyl (C=O) groups excluding carboxylic acids is 1. The standard InChI is InChI=1S/C13H19N3O2/c1-18-12-3-2-10(7-14)6-11(12)8-16-5-4-15-13(17)9-16/h2-3,6H,4-5,7-9,14H2,1H3,(H,15,17). The summed E-state index contributed by atoms with van der Waals surface area (Å²) in [5.74, 6) is 0.924. The molecule has 5 heteroatoms. The largest absolute Gasteiger partial charge is 0.496 e. The lowest BCUT2D eigenvalue weighted by atomic mass is 10.1. The van der Waals surface area contributed by atoms with Crippen LogP contribution in [0.3, 0.4) is 0 Å². The van der Waals surface area contributed by atoms with Gasteiger partial charge in [-0.25, -0.2) is 0 Å². The quantitative estimate of drug-likeness (QED) is 0.793. The molecule has 0 unspecified atom stereocenters. The van der Waals surface area contributed by atoms with Crippen LogP contribution in [-0.2, 0) is 17.9 Å². The van der Waals surface area contributed by atoms with Crippen molar-refractivity contribution in [2.45, 2.75) is 13.1 Å². The summed E-state index contributed by atoms with van der Waals surface area (Å²) in [5, 5.41) is 2.82. The molecule has 1 heterocycles. The topological polar surface area (TPSA) is 67.6 Å². The van der Waals surface area contributed by atoms with Crippen molar-refractivity contribution >= 4 is 5.91 Å². The van der Waals surface area contributed by atoms with Crippen LogP contribution in [0.2, 0.25) is 0 Å². The monoisotopic (exact) mass is 249 g/mol. The summed E-state index contributed by atoms with van der Waals surface area (Å²) in [5.41, 5.74) is 7.80. The molecule has 1 saturated heterocycles. The van der Waals surface area contributed by atoms with Gasteiger partial charge in [0.2, 0.25) is 5.91 Å². The molecule has 18 heavy (non-hydrogen) atoms. The summed E-state index contributed by atoms with van der Waals surface area (Å²) >= 11 is 0. The van der Waals surface area contributed by atoms with Gasteiger partial charge in [-0.15, -0.1) is 0 Å². The van der Waals surface area contributed by atoms with Crippen LogP contribution in [0.5, 0.6) is 5.75 Å². The lowest BCUT2D eigenvalue weighted by molar-refractivity contribution is -0.124. The average molecular weight is 249 g/mol. The first kappa shape index (κ1) is 12.9. The first-order valence-corrected chi connectivity index (χ1v) is 6.08. The van der Waals surface area contributed by atoms with Gasteiger partial charge in [-0.1, -0.05) is 6.07 Å². The fraction of sp³-hybridized carbons (Fsp3) is 0.462. The van der Waals surface area contributed by atoms with E-state index in [4.69, 9.17) is 10.5 Å². The van der Waals surface area contributed by atoms with Crippen molar-refractivity contribution in [3.05, 3.63) is 29.3 Å². The Bertz CT molecular complexity index is 434. The summed E-state index contributed by atoms with van der Waals surface area (Å²) < 4.78 is 5.35. The number of hydrogen-bond donors (Lipinski definition) is 2. The van der Waals surface area contributed by atoms with Gasteiger partial charge in [0.15, 0.2) is 0 Å². The minimum Gasteiger partial charge on any atom is -0.496 e. The van der Waals surface area contributed by atoms with Crippen LogP contribution in [0.25, 0.3) is 0 Å². The predicted octanol–water partition coefficient (Wildman–Crippen LogP) is 0.0857. The lowest BCUT2D eigenvalue weighted by Crippen LogP contribution is -2.47. The van der Waals surface area contributed by atoms with Gasteiger partial charge in [-0.05, 0) is 17.7 Å². The number of nitrogens with one attached hydrogen (secondary N) is 1. The Kier molecular flexibility index (Phi) is 4.17. The zero-order chi connectivity index (χ0) is 13.0. The summed E-state index contributed by atoms with van der Waals surface area (Å²) in [6, 6.07) is 5.94. The second-order valence-corrected chi connectivity index (χ2v) is 4.41. The first-order chi connectivity index (χ1) is 8.72. The minimum atomic E-state index is 0.0789. The third-order valence-electron chi connectivity index (χ3n) is 3.09.